The number of nitriles is 1. The third-order valence-electron chi connectivity index (χ3n) is 3.66. The summed E-state index contributed by atoms with van der Waals surface area (Å²) in [7, 11) is 0. The fourth-order valence-electron chi connectivity index (χ4n) is 2.37. The first-order valence-corrected chi connectivity index (χ1v) is 7.88. The van der Waals surface area contributed by atoms with E-state index in [4.69, 9.17) is 9.84 Å². The van der Waals surface area contributed by atoms with Crippen molar-refractivity contribution in [2.24, 2.45) is 0 Å². The standard InChI is InChI=1S/C19H14N4O4/c20-10-15-11-21-23(16-8-4-7-14(9-16)18(24)25)17(15)22-19(26)27-12-13-5-2-1-3-6-13/h1-9,11H,12H2,(H,22,26)(H,24,25). The fourth-order valence-corrected chi connectivity index (χ4v) is 2.37. The highest BCUT2D eigenvalue weighted by Gasteiger charge is 2.17. The molecule has 0 bridgehead atoms. The predicted octanol–water partition coefficient (Wildman–Crippen LogP) is 3.19. The van der Waals surface area contributed by atoms with Gasteiger partial charge in [0, 0.05) is 0 Å². The van der Waals surface area contributed by atoms with Crippen LogP contribution in [0.25, 0.3) is 5.69 Å². The monoisotopic (exact) mass is 362 g/mol. The Hall–Kier alpha value is -4.12. The van der Waals surface area contributed by atoms with E-state index < -0.39 is 12.1 Å². The van der Waals surface area contributed by atoms with E-state index in [1.54, 1.807) is 12.1 Å². The summed E-state index contributed by atoms with van der Waals surface area (Å²) in [4.78, 5) is 23.3. The molecule has 134 valence electrons. The molecule has 0 aliphatic heterocycles. The van der Waals surface area contributed by atoms with E-state index in [1.807, 2.05) is 36.4 Å². The first kappa shape index (κ1) is 17.7. The van der Waals surface area contributed by atoms with Crippen LogP contribution >= 0.6 is 0 Å². The third kappa shape index (κ3) is 4.11. The van der Waals surface area contributed by atoms with Crippen LogP contribution in [-0.2, 0) is 11.3 Å². The van der Waals surface area contributed by atoms with Crippen molar-refractivity contribution in [3.63, 3.8) is 0 Å². The molecule has 0 aliphatic rings. The van der Waals surface area contributed by atoms with E-state index in [9.17, 15) is 14.9 Å². The molecular formula is C19H14N4O4. The van der Waals surface area contributed by atoms with Crippen molar-refractivity contribution >= 4 is 17.9 Å². The highest BCUT2D eigenvalue weighted by atomic mass is 16.5. The lowest BCUT2D eigenvalue weighted by Crippen LogP contribution is -2.17. The number of aromatic carboxylic acids is 1. The summed E-state index contributed by atoms with van der Waals surface area (Å²) in [6, 6.07) is 17.0. The van der Waals surface area contributed by atoms with Crippen LogP contribution in [0.3, 0.4) is 0 Å². The fraction of sp³-hybridized carbons (Fsp3) is 0.0526. The van der Waals surface area contributed by atoms with E-state index in [0.29, 0.717) is 5.69 Å². The zero-order valence-electron chi connectivity index (χ0n) is 14.0. The highest BCUT2D eigenvalue weighted by molar-refractivity contribution is 5.89. The highest BCUT2D eigenvalue weighted by Crippen LogP contribution is 2.21. The number of carboxylic acid groups (broad SMARTS) is 1. The van der Waals surface area contributed by atoms with Crippen LogP contribution in [0.4, 0.5) is 10.6 Å². The lowest BCUT2D eigenvalue weighted by molar-refractivity contribution is 0.0696. The summed E-state index contributed by atoms with van der Waals surface area (Å²) < 4.78 is 6.43. The molecule has 8 heteroatoms. The van der Waals surface area contributed by atoms with Gasteiger partial charge in [0.15, 0.2) is 5.82 Å². The molecule has 3 rings (SSSR count). The second-order valence-corrected chi connectivity index (χ2v) is 5.47. The van der Waals surface area contributed by atoms with Gasteiger partial charge in [0.1, 0.15) is 18.2 Å². The van der Waals surface area contributed by atoms with Gasteiger partial charge in [-0.05, 0) is 23.8 Å². The smallest absolute Gasteiger partial charge is 0.413 e. The van der Waals surface area contributed by atoms with Crippen LogP contribution in [0.1, 0.15) is 21.5 Å². The minimum absolute atomic E-state index is 0.0547. The van der Waals surface area contributed by atoms with Crippen molar-refractivity contribution in [3.05, 3.63) is 77.5 Å². The molecule has 0 atom stereocenters. The van der Waals surface area contributed by atoms with Crippen molar-refractivity contribution in [1.82, 2.24) is 9.78 Å². The molecule has 2 N–H and O–H groups in total. The van der Waals surface area contributed by atoms with Crippen LogP contribution in [0.5, 0.6) is 0 Å². The number of aromatic nitrogens is 2. The molecule has 0 fully saturated rings. The van der Waals surface area contributed by atoms with Gasteiger partial charge in [0.25, 0.3) is 0 Å². The molecule has 0 saturated heterocycles. The zero-order valence-corrected chi connectivity index (χ0v) is 14.0. The largest absolute Gasteiger partial charge is 0.478 e. The van der Waals surface area contributed by atoms with Gasteiger partial charge in [-0.3, -0.25) is 5.32 Å². The number of nitrogens with zero attached hydrogens (tertiary/aromatic N) is 3. The normalized spacial score (nSPS) is 10.0. The lowest BCUT2D eigenvalue weighted by atomic mass is 10.2. The van der Waals surface area contributed by atoms with Crippen LogP contribution < -0.4 is 5.32 Å². The molecule has 8 nitrogen and oxygen atoms in total. The first-order valence-electron chi connectivity index (χ1n) is 7.88. The summed E-state index contributed by atoms with van der Waals surface area (Å²) in [5, 5.41) is 24.9. The maximum atomic E-state index is 12.1. The number of ether oxygens (including phenoxy) is 1. The van der Waals surface area contributed by atoms with Gasteiger partial charge in [-0.1, -0.05) is 36.4 Å². The molecule has 3 aromatic rings. The SMILES string of the molecule is N#Cc1cnn(-c2cccc(C(=O)O)c2)c1NC(=O)OCc1ccccc1. The summed E-state index contributed by atoms with van der Waals surface area (Å²) >= 11 is 0. The lowest BCUT2D eigenvalue weighted by Gasteiger charge is -2.10. The Balaban J connectivity index is 1.82. The first-order chi connectivity index (χ1) is 13.1. The van der Waals surface area contributed by atoms with Crippen LogP contribution in [0.2, 0.25) is 0 Å². The Bertz CT molecular complexity index is 1020. The number of carbonyl (C=O) groups is 2. The number of rotatable bonds is 5. The molecule has 27 heavy (non-hydrogen) atoms. The summed E-state index contributed by atoms with van der Waals surface area (Å²) in [6.45, 7) is 0.0667. The van der Waals surface area contributed by atoms with Gasteiger partial charge < -0.3 is 9.84 Å². The number of hydrogen-bond donors (Lipinski definition) is 2. The predicted molar refractivity (Wildman–Crippen MR) is 95.5 cm³/mol. The van der Waals surface area contributed by atoms with Crippen molar-refractivity contribution in [2.45, 2.75) is 6.61 Å². The minimum atomic E-state index is -1.10. The summed E-state index contributed by atoms with van der Waals surface area (Å²) in [5.74, 6) is -1.00. The molecule has 0 radical (unpaired) electrons. The molecule has 2 aromatic carbocycles. The Morgan fingerprint density at radius 3 is 2.67 bits per heavy atom. The van der Waals surface area contributed by atoms with E-state index >= 15 is 0 Å². The number of benzene rings is 2. The number of amides is 1. The van der Waals surface area contributed by atoms with E-state index in [-0.39, 0.29) is 23.6 Å². The van der Waals surface area contributed by atoms with Gasteiger partial charge >= 0.3 is 12.1 Å². The molecule has 1 heterocycles. The zero-order chi connectivity index (χ0) is 19.2. The number of nitrogens with one attached hydrogen (secondary N) is 1. The molecule has 0 unspecified atom stereocenters. The minimum Gasteiger partial charge on any atom is -0.478 e. The summed E-state index contributed by atoms with van der Waals surface area (Å²) in [6.07, 6.45) is 0.520. The second-order valence-electron chi connectivity index (χ2n) is 5.47. The third-order valence-corrected chi connectivity index (χ3v) is 3.66. The quantitative estimate of drug-likeness (QED) is 0.720. The average Bonchev–Trinajstić information content (AvgIpc) is 3.09. The molecule has 1 aromatic heterocycles. The Labute approximate surface area is 154 Å². The topological polar surface area (TPSA) is 117 Å². The number of hydrogen-bond acceptors (Lipinski definition) is 5. The molecule has 1 amide bonds. The maximum absolute atomic E-state index is 12.1. The van der Waals surface area contributed by atoms with E-state index in [1.165, 1.54) is 23.0 Å². The summed E-state index contributed by atoms with van der Waals surface area (Å²) in [5.41, 5.74) is 1.37. The van der Waals surface area contributed by atoms with Crippen LogP contribution in [-0.4, -0.2) is 26.9 Å². The molecule has 0 spiro atoms. The van der Waals surface area contributed by atoms with Crippen molar-refractivity contribution in [1.29, 1.82) is 5.26 Å². The number of carboxylic acids is 1. The van der Waals surface area contributed by atoms with E-state index in [0.717, 1.165) is 5.56 Å². The van der Waals surface area contributed by atoms with Crippen LogP contribution in [0.15, 0.2) is 60.8 Å². The second kappa shape index (κ2) is 7.84. The van der Waals surface area contributed by atoms with Gasteiger partial charge in [-0.25, -0.2) is 14.3 Å². The van der Waals surface area contributed by atoms with E-state index in [2.05, 4.69) is 10.4 Å². The number of anilines is 1. The Morgan fingerprint density at radius 2 is 1.96 bits per heavy atom. The Morgan fingerprint density at radius 1 is 1.19 bits per heavy atom. The van der Waals surface area contributed by atoms with Gasteiger partial charge in [0.2, 0.25) is 0 Å². The van der Waals surface area contributed by atoms with Gasteiger partial charge in [-0.2, -0.15) is 10.4 Å². The maximum Gasteiger partial charge on any atom is 0.413 e. The molecule has 0 aliphatic carbocycles. The van der Waals surface area contributed by atoms with Gasteiger partial charge in [0.05, 0.1) is 17.4 Å². The molecular weight excluding hydrogens is 348 g/mol. The molecule has 0 saturated carbocycles. The van der Waals surface area contributed by atoms with Gasteiger partial charge in [-0.15, -0.1) is 0 Å². The van der Waals surface area contributed by atoms with Crippen molar-refractivity contribution < 1.29 is 19.4 Å². The number of carbonyl (C=O) groups excluding carboxylic acids is 1. The average molecular weight is 362 g/mol. The van der Waals surface area contributed by atoms with Crippen molar-refractivity contribution in [2.75, 3.05) is 5.32 Å². The Kier molecular flexibility index (Phi) is 5.14. The van der Waals surface area contributed by atoms with Crippen molar-refractivity contribution in [3.8, 4) is 11.8 Å². The van der Waals surface area contributed by atoms with Crippen LogP contribution in [0, 0.1) is 11.3 Å².